The van der Waals surface area contributed by atoms with E-state index in [0.717, 1.165) is 13.0 Å². The minimum absolute atomic E-state index is 0.0357. The summed E-state index contributed by atoms with van der Waals surface area (Å²) in [6.45, 7) is 32.9. The van der Waals surface area contributed by atoms with Crippen LogP contribution in [0.5, 0.6) is 11.5 Å². The Labute approximate surface area is 332 Å². The fraction of sp³-hybridized carbons (Fsp3) is 0.561. The molecule has 3 rings (SSSR count). The number of benzene rings is 2. The molecule has 2 atom stereocenters. The fourth-order valence-corrected chi connectivity index (χ4v) is 5.75. The van der Waals surface area contributed by atoms with Crippen LogP contribution in [-0.2, 0) is 20.3 Å². The highest BCUT2D eigenvalue weighted by Crippen LogP contribution is 2.36. The number of nitrogens with one attached hydrogen (secondary N) is 1. The van der Waals surface area contributed by atoms with Crippen LogP contribution in [0.15, 0.2) is 66.2 Å². The number of alkyl carbamates (subject to hydrolysis) is 1. The molecule has 1 aliphatic heterocycles. The Hall–Kier alpha value is -3.42. The van der Waals surface area contributed by atoms with Crippen LogP contribution in [0.2, 0.25) is 18.1 Å². The molecule has 0 spiro atoms. The maximum Gasteiger partial charge on any atom is 0.410 e. The zero-order chi connectivity index (χ0) is 41.5. The van der Waals surface area contributed by atoms with Crippen LogP contribution in [0.1, 0.15) is 81.2 Å². The van der Waals surface area contributed by atoms with E-state index >= 15 is 0 Å². The van der Waals surface area contributed by atoms with Crippen molar-refractivity contribution in [3.8, 4) is 11.5 Å². The molecule has 0 saturated carbocycles. The van der Waals surface area contributed by atoms with Crippen molar-refractivity contribution in [1.29, 1.82) is 0 Å². The van der Waals surface area contributed by atoms with E-state index in [0.29, 0.717) is 47.2 Å². The number of carbonyl (C=O) groups is 2. The summed E-state index contributed by atoms with van der Waals surface area (Å²) in [5.41, 5.74) is -0.272. The lowest BCUT2D eigenvalue weighted by atomic mass is 10.1. The number of hydrogen-bond donors (Lipinski definition) is 1. The Morgan fingerprint density at radius 3 is 1.85 bits per heavy atom. The monoisotopic (exact) mass is 840 g/mol. The Kier molecular flexibility index (Phi) is 19.4. The Morgan fingerprint density at radius 1 is 0.889 bits per heavy atom. The van der Waals surface area contributed by atoms with E-state index in [2.05, 4.69) is 75.2 Å². The third kappa shape index (κ3) is 20.3. The summed E-state index contributed by atoms with van der Waals surface area (Å²) in [6.07, 6.45) is 3.93. The van der Waals surface area contributed by atoms with Crippen LogP contribution in [0.25, 0.3) is 0 Å². The van der Waals surface area contributed by atoms with E-state index in [4.69, 9.17) is 23.4 Å². The van der Waals surface area contributed by atoms with Crippen LogP contribution in [-0.4, -0.2) is 75.1 Å². The zero-order valence-electron chi connectivity index (χ0n) is 34.4. The molecule has 2 aromatic rings. The third-order valence-corrected chi connectivity index (χ3v) is 12.9. The molecule has 1 heterocycles. The van der Waals surface area contributed by atoms with Crippen molar-refractivity contribution in [3.05, 3.63) is 83.4 Å². The van der Waals surface area contributed by atoms with Gasteiger partial charge in [-0.1, -0.05) is 68.9 Å². The summed E-state index contributed by atoms with van der Waals surface area (Å²) >= 11 is 3.16. The standard InChI is InChI=1S/C23H38FNO4Si.C9H8BrFO.C9H17NO2/c1-10-11-27-20-14-17(12-18(24)15-20)13-19(25-21(26)29-22(2,3)4)16-28-30(8,9)23(5,6)7;1-2-3-12-9-5-7(10)4-8(11)6-9;1-5-7-6-10(7)8(11)12-9(2,3)4/h10,12,14-15,19H,1,11,13,16H2,2-9H3,(H,25,26);2,4-6H,1,3H2;7H,5-6H2,1-4H3/t19-;;7-,10?/m0.1/s1. The number of halogens is 3. The quantitative estimate of drug-likeness (QED) is 0.122. The van der Waals surface area contributed by atoms with Crippen LogP contribution in [0.3, 0.4) is 0 Å². The lowest BCUT2D eigenvalue weighted by Crippen LogP contribution is -2.48. The van der Waals surface area contributed by atoms with E-state index in [1.165, 1.54) is 24.3 Å². The molecular formula is C41H63BrF2N2O7Si. The fourth-order valence-electron chi connectivity index (χ4n) is 4.25. The van der Waals surface area contributed by atoms with Gasteiger partial charge in [-0.05, 0) is 102 Å². The molecule has 13 heteroatoms. The maximum atomic E-state index is 14.1. The number of rotatable bonds is 13. The molecule has 54 heavy (non-hydrogen) atoms. The van der Waals surface area contributed by atoms with Gasteiger partial charge >= 0.3 is 12.2 Å². The van der Waals surface area contributed by atoms with Gasteiger partial charge in [-0.15, -0.1) is 0 Å². The Bertz CT molecular complexity index is 1500. The minimum atomic E-state index is -2.02. The van der Waals surface area contributed by atoms with Gasteiger partial charge in [-0.2, -0.15) is 0 Å². The van der Waals surface area contributed by atoms with E-state index in [-0.39, 0.29) is 35.2 Å². The summed E-state index contributed by atoms with van der Waals surface area (Å²) in [5.74, 6) is 0.212. The third-order valence-electron chi connectivity index (χ3n) is 7.97. The van der Waals surface area contributed by atoms with E-state index in [1.54, 1.807) is 29.2 Å². The van der Waals surface area contributed by atoms with Gasteiger partial charge in [0.05, 0.1) is 18.7 Å². The molecule has 0 aromatic heterocycles. The van der Waals surface area contributed by atoms with E-state index < -0.39 is 25.8 Å². The molecule has 0 unspecified atom stereocenters. The molecule has 0 bridgehead atoms. The van der Waals surface area contributed by atoms with Gasteiger partial charge in [0.25, 0.3) is 0 Å². The molecule has 0 radical (unpaired) electrons. The Balaban J connectivity index is 0.000000492. The molecule has 1 aliphatic rings. The van der Waals surface area contributed by atoms with E-state index in [9.17, 15) is 18.4 Å². The largest absolute Gasteiger partial charge is 0.489 e. The second-order valence-corrected chi connectivity index (χ2v) is 22.1. The Morgan fingerprint density at radius 2 is 1.41 bits per heavy atom. The van der Waals surface area contributed by atoms with Crippen molar-refractivity contribution >= 4 is 36.4 Å². The average molecular weight is 842 g/mol. The number of hydrogen-bond acceptors (Lipinski definition) is 7. The summed E-state index contributed by atoms with van der Waals surface area (Å²) in [5, 5.41) is 2.92. The molecule has 304 valence electrons. The maximum absolute atomic E-state index is 14.1. The van der Waals surface area contributed by atoms with Gasteiger partial charge in [0.2, 0.25) is 0 Å². The molecular weight excluding hydrogens is 778 g/mol. The summed E-state index contributed by atoms with van der Waals surface area (Å²) in [4.78, 5) is 25.4. The van der Waals surface area contributed by atoms with Crippen molar-refractivity contribution < 1.29 is 41.7 Å². The number of carbonyl (C=O) groups excluding carboxylic acids is 2. The molecule has 0 aliphatic carbocycles. The lowest BCUT2D eigenvalue weighted by Gasteiger charge is -2.37. The summed E-state index contributed by atoms with van der Waals surface area (Å²) < 4.78 is 55.0. The SMILES string of the molecule is C=CCOc1cc(F)cc(Br)c1.C=CCOc1cc(F)cc(C[C@@H](CO[Si](C)(C)C(C)(C)C)NC(=O)OC(C)(C)C)c1.CC[C@@H]1CN1C(=O)OC(C)(C)C. The van der Waals surface area contributed by atoms with Crippen LogP contribution >= 0.6 is 15.9 Å². The van der Waals surface area contributed by atoms with Crippen molar-refractivity contribution in [3.63, 3.8) is 0 Å². The van der Waals surface area contributed by atoms with Crippen LogP contribution in [0.4, 0.5) is 18.4 Å². The second-order valence-electron chi connectivity index (χ2n) is 16.4. The molecule has 1 N–H and O–H groups in total. The topological polar surface area (TPSA) is 95.3 Å². The first kappa shape index (κ1) is 48.6. The van der Waals surface area contributed by atoms with Gasteiger partial charge in [0, 0.05) is 23.2 Å². The second kappa shape index (κ2) is 21.6. The summed E-state index contributed by atoms with van der Waals surface area (Å²) in [6, 6.07) is 9.00. The van der Waals surface area contributed by atoms with Crippen LogP contribution in [0, 0.1) is 11.6 Å². The van der Waals surface area contributed by atoms with Crippen molar-refractivity contribution in [2.75, 3.05) is 26.4 Å². The normalized spacial score (nSPS) is 14.6. The van der Waals surface area contributed by atoms with Gasteiger partial charge < -0.3 is 33.6 Å². The highest BCUT2D eigenvalue weighted by Gasteiger charge is 2.39. The van der Waals surface area contributed by atoms with Crippen LogP contribution < -0.4 is 14.8 Å². The highest BCUT2D eigenvalue weighted by molar-refractivity contribution is 9.10. The molecule has 9 nitrogen and oxygen atoms in total. The smallest absolute Gasteiger partial charge is 0.410 e. The van der Waals surface area contributed by atoms with Gasteiger partial charge in [-0.25, -0.2) is 18.4 Å². The summed E-state index contributed by atoms with van der Waals surface area (Å²) in [7, 11) is -2.02. The predicted molar refractivity (Wildman–Crippen MR) is 219 cm³/mol. The first-order valence-corrected chi connectivity index (χ1v) is 21.8. The van der Waals surface area contributed by atoms with Crippen molar-refractivity contribution in [2.45, 2.75) is 123 Å². The molecule has 1 saturated heterocycles. The van der Waals surface area contributed by atoms with Gasteiger partial charge in [-0.3, -0.25) is 0 Å². The molecule has 1 fully saturated rings. The predicted octanol–water partition coefficient (Wildman–Crippen LogP) is 11.0. The first-order valence-electron chi connectivity index (χ1n) is 18.1. The van der Waals surface area contributed by atoms with Gasteiger partial charge in [0.1, 0.15) is 47.5 Å². The molecule has 2 aromatic carbocycles. The lowest BCUT2D eigenvalue weighted by molar-refractivity contribution is 0.0404. The minimum Gasteiger partial charge on any atom is -0.489 e. The first-order chi connectivity index (χ1) is 24.8. The zero-order valence-corrected chi connectivity index (χ0v) is 37.0. The van der Waals surface area contributed by atoms with Crippen molar-refractivity contribution in [2.24, 2.45) is 0 Å². The number of ether oxygens (including phenoxy) is 4. The number of amides is 2. The van der Waals surface area contributed by atoms with Crippen molar-refractivity contribution in [1.82, 2.24) is 10.2 Å². The molecule has 2 amide bonds. The van der Waals surface area contributed by atoms with Gasteiger partial charge in [0.15, 0.2) is 8.32 Å². The highest BCUT2D eigenvalue weighted by atomic mass is 79.9. The average Bonchev–Trinajstić information content (AvgIpc) is 3.80. The number of nitrogens with zero attached hydrogens (tertiary/aromatic N) is 1. The van der Waals surface area contributed by atoms with E-state index in [1.807, 2.05) is 41.5 Å².